The number of urea groups is 1. The third-order valence-electron chi connectivity index (χ3n) is 1.97. The molecule has 2 N–H and O–H groups in total. The smallest absolute Gasteiger partial charge is 0.319 e. The van der Waals surface area contributed by atoms with Crippen LogP contribution in [0.2, 0.25) is 0 Å². The molecule has 0 saturated heterocycles. The first-order chi connectivity index (χ1) is 7.72. The first-order valence-corrected chi connectivity index (χ1v) is 5.11. The number of hydrogen-bond acceptors (Lipinski definition) is 1. The lowest BCUT2D eigenvalue weighted by Crippen LogP contribution is -2.31. The van der Waals surface area contributed by atoms with E-state index in [1.807, 2.05) is 37.3 Å². The molecule has 3 nitrogen and oxygen atoms in total. The molecular weight excluding hydrogens is 200 g/mol. The molecule has 16 heavy (non-hydrogen) atoms. The summed E-state index contributed by atoms with van der Waals surface area (Å²) in [6.45, 7) is 6.01. The summed E-state index contributed by atoms with van der Waals surface area (Å²) in [6, 6.07) is 7.81. The lowest BCUT2D eigenvalue weighted by Gasteiger charge is -2.00. The van der Waals surface area contributed by atoms with Crippen LogP contribution < -0.4 is 10.6 Å². The first-order valence-electron chi connectivity index (χ1n) is 5.11. The Hall–Kier alpha value is -2.03. The summed E-state index contributed by atoms with van der Waals surface area (Å²) < 4.78 is 0. The van der Waals surface area contributed by atoms with E-state index in [-0.39, 0.29) is 6.03 Å². The van der Waals surface area contributed by atoms with Crippen molar-refractivity contribution in [2.24, 2.45) is 0 Å². The van der Waals surface area contributed by atoms with Gasteiger partial charge in [0.25, 0.3) is 0 Å². The van der Waals surface area contributed by atoms with Crippen LogP contribution in [0.4, 0.5) is 4.79 Å². The standard InChI is InChI=1S/C13H16N2O/c1-3-9-14-13(16)15-10-8-12-6-4-11(2)5-7-12/h3-8,10H,1,9H2,2H3,(H2,14,15,16)/b10-8+. The highest BCUT2D eigenvalue weighted by molar-refractivity contribution is 5.76. The molecule has 2 amide bonds. The van der Waals surface area contributed by atoms with Crippen LogP contribution >= 0.6 is 0 Å². The predicted octanol–water partition coefficient (Wildman–Crippen LogP) is 2.45. The summed E-state index contributed by atoms with van der Waals surface area (Å²) in [6.07, 6.45) is 5.08. The molecule has 0 aromatic heterocycles. The Bertz CT molecular complexity index is 379. The second kappa shape index (κ2) is 6.45. The van der Waals surface area contributed by atoms with Crippen molar-refractivity contribution in [3.05, 3.63) is 54.2 Å². The molecule has 1 rings (SSSR count). The topological polar surface area (TPSA) is 41.1 Å². The van der Waals surface area contributed by atoms with Gasteiger partial charge in [-0.2, -0.15) is 0 Å². The zero-order valence-electron chi connectivity index (χ0n) is 9.36. The number of aryl methyl sites for hydroxylation is 1. The first kappa shape index (κ1) is 12.0. The van der Waals surface area contributed by atoms with Gasteiger partial charge < -0.3 is 10.6 Å². The van der Waals surface area contributed by atoms with Crippen LogP contribution in [0.5, 0.6) is 0 Å². The van der Waals surface area contributed by atoms with Crippen molar-refractivity contribution in [3.8, 4) is 0 Å². The second-order valence-electron chi connectivity index (χ2n) is 3.39. The Morgan fingerprint density at radius 1 is 1.38 bits per heavy atom. The number of rotatable bonds is 4. The molecule has 0 saturated carbocycles. The summed E-state index contributed by atoms with van der Waals surface area (Å²) in [7, 11) is 0. The van der Waals surface area contributed by atoms with Gasteiger partial charge in [0, 0.05) is 12.7 Å². The summed E-state index contributed by atoms with van der Waals surface area (Å²) >= 11 is 0. The molecule has 0 atom stereocenters. The van der Waals surface area contributed by atoms with Gasteiger partial charge in [0.2, 0.25) is 0 Å². The molecule has 0 radical (unpaired) electrons. The van der Waals surface area contributed by atoms with Crippen molar-refractivity contribution >= 4 is 12.1 Å². The van der Waals surface area contributed by atoms with Gasteiger partial charge in [-0.05, 0) is 18.6 Å². The number of carbonyl (C=O) groups excluding carboxylic acids is 1. The lowest BCUT2D eigenvalue weighted by molar-refractivity contribution is 0.245. The van der Waals surface area contributed by atoms with Gasteiger partial charge in [0.05, 0.1) is 0 Å². The van der Waals surface area contributed by atoms with Crippen molar-refractivity contribution < 1.29 is 4.79 Å². The van der Waals surface area contributed by atoms with Crippen LogP contribution in [0.25, 0.3) is 6.08 Å². The van der Waals surface area contributed by atoms with E-state index in [4.69, 9.17) is 0 Å². The molecular formula is C13H16N2O. The molecule has 3 heteroatoms. The van der Waals surface area contributed by atoms with E-state index in [1.165, 1.54) is 5.56 Å². The fourth-order valence-electron chi connectivity index (χ4n) is 1.11. The highest BCUT2D eigenvalue weighted by Crippen LogP contribution is 2.03. The van der Waals surface area contributed by atoms with Crippen LogP contribution in [0.1, 0.15) is 11.1 Å². The lowest BCUT2D eigenvalue weighted by atomic mass is 10.1. The third kappa shape index (κ3) is 4.46. The normalized spacial score (nSPS) is 10.1. The molecule has 0 unspecified atom stereocenters. The van der Waals surface area contributed by atoms with E-state index in [1.54, 1.807) is 12.3 Å². The Balaban J connectivity index is 2.39. The van der Waals surface area contributed by atoms with Crippen LogP contribution in [-0.2, 0) is 0 Å². The van der Waals surface area contributed by atoms with Gasteiger partial charge in [-0.3, -0.25) is 0 Å². The SMILES string of the molecule is C=CCNC(=O)N/C=C/c1ccc(C)cc1. The van der Waals surface area contributed by atoms with Crippen molar-refractivity contribution in [2.45, 2.75) is 6.92 Å². The second-order valence-corrected chi connectivity index (χ2v) is 3.39. The molecule has 0 spiro atoms. The maximum Gasteiger partial charge on any atom is 0.319 e. The van der Waals surface area contributed by atoms with E-state index >= 15 is 0 Å². The fourth-order valence-corrected chi connectivity index (χ4v) is 1.11. The van der Waals surface area contributed by atoms with E-state index in [9.17, 15) is 4.79 Å². The van der Waals surface area contributed by atoms with E-state index in [2.05, 4.69) is 17.2 Å². The zero-order valence-corrected chi connectivity index (χ0v) is 9.36. The van der Waals surface area contributed by atoms with Gasteiger partial charge in [0.1, 0.15) is 0 Å². The summed E-state index contributed by atoms with van der Waals surface area (Å²) in [5, 5.41) is 5.21. The summed E-state index contributed by atoms with van der Waals surface area (Å²) in [5.74, 6) is 0. The summed E-state index contributed by atoms with van der Waals surface area (Å²) in [4.78, 5) is 11.1. The monoisotopic (exact) mass is 216 g/mol. The maximum absolute atomic E-state index is 11.1. The zero-order chi connectivity index (χ0) is 11.8. The number of nitrogens with one attached hydrogen (secondary N) is 2. The van der Waals surface area contributed by atoms with Crippen molar-refractivity contribution in [2.75, 3.05) is 6.54 Å². The van der Waals surface area contributed by atoms with Crippen molar-refractivity contribution in [3.63, 3.8) is 0 Å². The molecule has 0 fully saturated rings. The molecule has 0 bridgehead atoms. The van der Waals surface area contributed by atoms with Gasteiger partial charge in [-0.25, -0.2) is 4.79 Å². The molecule has 84 valence electrons. The average Bonchev–Trinajstić information content (AvgIpc) is 2.29. The quantitative estimate of drug-likeness (QED) is 0.746. The molecule has 0 heterocycles. The Morgan fingerprint density at radius 2 is 2.06 bits per heavy atom. The minimum absolute atomic E-state index is 0.233. The minimum atomic E-state index is -0.233. The molecule has 0 aliphatic carbocycles. The Morgan fingerprint density at radius 3 is 2.69 bits per heavy atom. The largest absolute Gasteiger partial charge is 0.334 e. The highest BCUT2D eigenvalue weighted by Gasteiger charge is 1.92. The van der Waals surface area contributed by atoms with Gasteiger partial charge in [0.15, 0.2) is 0 Å². The maximum atomic E-state index is 11.1. The van der Waals surface area contributed by atoms with E-state index in [0.717, 1.165) is 5.56 Å². The fraction of sp³-hybridized carbons (Fsp3) is 0.154. The Kier molecular flexibility index (Phi) is 4.86. The average molecular weight is 216 g/mol. The van der Waals surface area contributed by atoms with Gasteiger partial charge in [-0.15, -0.1) is 6.58 Å². The van der Waals surface area contributed by atoms with Crippen LogP contribution in [0.15, 0.2) is 43.1 Å². The molecule has 1 aromatic carbocycles. The number of carbonyl (C=O) groups is 1. The van der Waals surface area contributed by atoms with E-state index < -0.39 is 0 Å². The van der Waals surface area contributed by atoms with Gasteiger partial charge >= 0.3 is 6.03 Å². The molecule has 0 aliphatic heterocycles. The van der Waals surface area contributed by atoms with Gasteiger partial charge in [-0.1, -0.05) is 35.9 Å². The van der Waals surface area contributed by atoms with Crippen LogP contribution in [0.3, 0.4) is 0 Å². The van der Waals surface area contributed by atoms with Crippen molar-refractivity contribution in [1.82, 2.24) is 10.6 Å². The van der Waals surface area contributed by atoms with Crippen LogP contribution in [0, 0.1) is 6.92 Å². The van der Waals surface area contributed by atoms with Crippen molar-refractivity contribution in [1.29, 1.82) is 0 Å². The number of hydrogen-bond donors (Lipinski definition) is 2. The van der Waals surface area contributed by atoms with Crippen LogP contribution in [-0.4, -0.2) is 12.6 Å². The third-order valence-corrected chi connectivity index (χ3v) is 1.97. The number of benzene rings is 1. The summed E-state index contributed by atoms with van der Waals surface area (Å²) in [5.41, 5.74) is 2.27. The predicted molar refractivity (Wildman–Crippen MR) is 66.9 cm³/mol. The minimum Gasteiger partial charge on any atom is -0.334 e. The van der Waals surface area contributed by atoms with E-state index in [0.29, 0.717) is 6.54 Å². The Labute approximate surface area is 95.9 Å². The number of amides is 2. The molecule has 0 aliphatic rings. The molecule has 1 aromatic rings. The highest BCUT2D eigenvalue weighted by atomic mass is 16.2.